The summed E-state index contributed by atoms with van der Waals surface area (Å²) >= 11 is 0. The first kappa shape index (κ1) is 55.1. The molecule has 426 valence electrons. The fraction of sp³-hybridized carbons (Fsp3) is 0.0256. The predicted molar refractivity (Wildman–Crippen MR) is 336 cm³/mol. The van der Waals surface area contributed by atoms with Gasteiger partial charge in [0.05, 0.1) is 10.8 Å². The Bertz CT molecular complexity index is 4390. The van der Waals surface area contributed by atoms with E-state index in [1.165, 1.54) is 0 Å². The van der Waals surface area contributed by atoms with E-state index in [2.05, 4.69) is 13.2 Å². The number of hydrogen-bond donors (Lipinski definition) is 0. The van der Waals surface area contributed by atoms with Crippen LogP contribution < -0.4 is 9.80 Å². The van der Waals surface area contributed by atoms with Crippen LogP contribution in [0.4, 0.5) is 69.2 Å². The number of fused-ring (bicyclic) bond motifs is 6. The summed E-state index contributed by atoms with van der Waals surface area (Å²) in [4.78, 5) is 4.01. The first-order chi connectivity index (χ1) is 42.9. The van der Waals surface area contributed by atoms with Crippen LogP contribution in [0.5, 0.6) is 0 Å². The minimum Gasteiger partial charge on any atom is -0.310 e. The molecule has 0 saturated heterocycles. The highest BCUT2D eigenvalue weighted by atomic mass is 19.2. The second kappa shape index (κ2) is 21.6. The predicted octanol–water partition coefficient (Wildman–Crippen LogP) is 21.4. The Hall–Kier alpha value is -10.8. The number of anilines is 6. The molecular weight excluding hydrogens is 1120 g/mol. The summed E-state index contributed by atoms with van der Waals surface area (Å²) in [6, 6.07) is 74.8. The fourth-order valence-corrected chi connectivity index (χ4v) is 13.5. The maximum absolute atomic E-state index is 16.8. The molecule has 0 amide bonds. The minimum atomic E-state index is -1.87. The third-order valence-electron chi connectivity index (χ3n) is 17.3. The van der Waals surface area contributed by atoms with Crippen LogP contribution in [0.3, 0.4) is 0 Å². The number of benzene rings is 12. The lowest BCUT2D eigenvalue weighted by Gasteiger charge is -2.35. The van der Waals surface area contributed by atoms with Gasteiger partial charge >= 0.3 is 0 Å². The molecule has 2 nitrogen and oxygen atoms in total. The molecule has 0 radical (unpaired) electrons. The zero-order chi connectivity index (χ0) is 60.6. The smallest absolute Gasteiger partial charge is 0.166 e. The Kier molecular flexibility index (Phi) is 13.5. The molecule has 14 rings (SSSR count). The Morgan fingerprint density at radius 1 is 0.273 bits per heavy atom. The van der Waals surface area contributed by atoms with Gasteiger partial charge in [-0.2, -0.15) is 0 Å². The quantitative estimate of drug-likeness (QED) is 0.0839. The molecule has 2 unspecified atom stereocenters. The molecule has 88 heavy (non-hydrogen) atoms. The van der Waals surface area contributed by atoms with Gasteiger partial charge in [-0.3, -0.25) is 0 Å². The van der Waals surface area contributed by atoms with Crippen LogP contribution in [0.1, 0.15) is 55.6 Å². The Balaban J connectivity index is 0.873. The van der Waals surface area contributed by atoms with E-state index < -0.39 is 68.5 Å². The van der Waals surface area contributed by atoms with Crippen molar-refractivity contribution in [2.75, 3.05) is 9.80 Å². The van der Waals surface area contributed by atoms with Gasteiger partial charge in [0.2, 0.25) is 0 Å². The fourth-order valence-electron chi connectivity index (χ4n) is 13.5. The van der Waals surface area contributed by atoms with Crippen molar-refractivity contribution in [2.45, 2.75) is 10.8 Å². The molecule has 0 N–H and O–H groups in total. The van der Waals surface area contributed by atoms with Crippen LogP contribution in [0.25, 0.3) is 45.5 Å². The molecule has 2 aliphatic rings. The summed E-state index contributed by atoms with van der Waals surface area (Å²) in [6.45, 7) is 7.76. The van der Waals surface area contributed by atoms with E-state index in [1.807, 2.05) is 180 Å². The van der Waals surface area contributed by atoms with E-state index >= 15 is 35.1 Å². The van der Waals surface area contributed by atoms with Gasteiger partial charge in [0.25, 0.3) is 0 Å². The molecule has 0 aromatic heterocycles. The van der Waals surface area contributed by atoms with Crippen molar-refractivity contribution < 1.29 is 35.1 Å². The Morgan fingerprint density at radius 3 is 0.909 bits per heavy atom. The molecule has 10 heteroatoms. The highest BCUT2D eigenvalue weighted by molar-refractivity contribution is 5.92. The lowest BCUT2D eigenvalue weighted by Crippen LogP contribution is -2.32. The first-order valence-electron chi connectivity index (χ1n) is 28.4. The average Bonchev–Trinajstić information content (AvgIpc) is 1.51. The van der Waals surface area contributed by atoms with Gasteiger partial charge in [-0.1, -0.05) is 195 Å². The second-order valence-electron chi connectivity index (χ2n) is 21.8. The van der Waals surface area contributed by atoms with Gasteiger partial charge in [-0.15, -0.1) is 0 Å². The number of nitrogens with zero attached hydrogens (tertiary/aromatic N) is 2. The summed E-state index contributed by atoms with van der Waals surface area (Å²) < 4.78 is 130. The number of halogens is 8. The van der Waals surface area contributed by atoms with Crippen LogP contribution in [0, 0.1) is 46.5 Å². The number of para-hydroxylation sites is 2. The van der Waals surface area contributed by atoms with Gasteiger partial charge < -0.3 is 9.80 Å². The van der Waals surface area contributed by atoms with Crippen LogP contribution >= 0.6 is 0 Å². The van der Waals surface area contributed by atoms with E-state index in [4.69, 9.17) is 0 Å². The molecule has 0 heterocycles. The minimum absolute atomic E-state index is 0.234. The van der Waals surface area contributed by atoms with Crippen LogP contribution in [0.15, 0.2) is 268 Å². The highest BCUT2D eigenvalue weighted by Gasteiger charge is 2.52. The van der Waals surface area contributed by atoms with Gasteiger partial charge in [-0.25, -0.2) is 35.1 Å². The van der Waals surface area contributed by atoms with Crippen molar-refractivity contribution in [3.8, 4) is 33.4 Å². The third kappa shape index (κ3) is 8.45. The van der Waals surface area contributed by atoms with Crippen molar-refractivity contribution in [3.63, 3.8) is 0 Å². The van der Waals surface area contributed by atoms with Crippen molar-refractivity contribution in [1.82, 2.24) is 0 Å². The average molecular weight is 1170 g/mol. The summed E-state index contributed by atoms with van der Waals surface area (Å²) in [6.07, 6.45) is 3.27. The van der Waals surface area contributed by atoms with Crippen molar-refractivity contribution in [3.05, 3.63) is 370 Å². The zero-order valence-electron chi connectivity index (χ0n) is 46.7. The summed E-state index contributed by atoms with van der Waals surface area (Å²) in [7, 11) is 0. The molecular formula is C78H48F8N2. The molecule has 12 aromatic rings. The van der Waals surface area contributed by atoms with E-state index in [0.717, 1.165) is 45.0 Å². The first-order valence-corrected chi connectivity index (χ1v) is 28.4. The molecule has 2 atom stereocenters. The molecule has 0 bridgehead atoms. The van der Waals surface area contributed by atoms with Crippen LogP contribution in [0.2, 0.25) is 0 Å². The van der Waals surface area contributed by atoms with Gasteiger partial charge in [0, 0.05) is 57.4 Å². The van der Waals surface area contributed by atoms with Gasteiger partial charge in [0.1, 0.15) is 0 Å². The molecule has 12 aromatic carbocycles. The molecule has 0 spiro atoms. The monoisotopic (exact) mass is 1160 g/mol. The van der Waals surface area contributed by atoms with Gasteiger partial charge in [0.15, 0.2) is 46.5 Å². The lowest BCUT2D eigenvalue weighted by molar-refractivity contribution is 0.426. The van der Waals surface area contributed by atoms with Crippen LogP contribution in [-0.4, -0.2) is 0 Å². The lowest BCUT2D eigenvalue weighted by atomic mass is 9.67. The Labute approximate surface area is 503 Å². The van der Waals surface area contributed by atoms with E-state index in [-0.39, 0.29) is 12.1 Å². The summed E-state index contributed by atoms with van der Waals surface area (Å²) in [5.74, 6) is -12.1. The number of hydrogen-bond acceptors (Lipinski definition) is 2. The second-order valence-corrected chi connectivity index (χ2v) is 21.8. The largest absolute Gasteiger partial charge is 0.310 e. The van der Waals surface area contributed by atoms with E-state index in [9.17, 15) is 0 Å². The van der Waals surface area contributed by atoms with Crippen molar-refractivity contribution in [2.24, 2.45) is 0 Å². The van der Waals surface area contributed by atoms with Crippen molar-refractivity contribution in [1.29, 1.82) is 0 Å². The summed E-state index contributed by atoms with van der Waals surface area (Å²) in [5.41, 5.74) is 7.06. The number of rotatable bonds is 13. The van der Waals surface area contributed by atoms with E-state index in [1.54, 1.807) is 84.9 Å². The molecule has 0 saturated carbocycles. The normalized spacial score (nSPS) is 15.2. The SMILES string of the molecule is C=Cc1ccc(C2(c3c(F)c(F)cc(F)c3F)c3ccccc3-c3ccc(N(c4ccccc4)c4ccc(-c5ccc(N(c6ccccc6)c6ccc7c(c6)C(c6ccc(C=C)cc6)(c6c(F)c(F)cc(F)c6F)c6ccccc6-7)cc5)cc4)cc32)cc1. The van der Waals surface area contributed by atoms with E-state index in [0.29, 0.717) is 67.0 Å². The van der Waals surface area contributed by atoms with Crippen LogP contribution in [-0.2, 0) is 10.8 Å². The summed E-state index contributed by atoms with van der Waals surface area (Å²) in [5, 5.41) is 0. The Morgan fingerprint density at radius 2 is 0.568 bits per heavy atom. The topological polar surface area (TPSA) is 6.48 Å². The highest BCUT2D eigenvalue weighted by Crippen LogP contribution is 2.61. The van der Waals surface area contributed by atoms with Gasteiger partial charge in [-0.05, 0) is 151 Å². The zero-order valence-corrected chi connectivity index (χ0v) is 46.7. The third-order valence-corrected chi connectivity index (χ3v) is 17.3. The molecule has 0 aliphatic heterocycles. The maximum Gasteiger partial charge on any atom is 0.166 e. The van der Waals surface area contributed by atoms with Crippen molar-refractivity contribution >= 4 is 46.3 Å². The molecule has 2 aliphatic carbocycles. The molecule has 0 fully saturated rings. The maximum atomic E-state index is 16.8. The standard InChI is InChI=1S/C78H48F8N2/c1-3-47-23-31-51(32-24-47)77(71-73(83)67(79)45-68(80)74(71)84)63-21-13-11-19-59(63)61-41-39-57(43-65(61)77)87(53-15-7-5-8-16-53)55-35-27-49(28-36-55)50-29-37-56(38-30-50)88(54-17-9-6-10-18-54)58-40-42-62-60-20-12-14-22-64(60)78(66(62)44-58,52-33-25-48(4-2)26-34-52)72-75(85)69(81)46-70(82)76(72)86/h3-46H,1-2H2.